The number of hydrogen-bond donors (Lipinski definition) is 0. The fourth-order valence-corrected chi connectivity index (χ4v) is 3.13. The zero-order valence-corrected chi connectivity index (χ0v) is 17.0. The molecule has 11 nitrogen and oxygen atoms in total. The number of amides is 1. The Bertz CT molecular complexity index is 947. The Kier molecular flexibility index (Phi) is 7.49. The van der Waals surface area contributed by atoms with E-state index in [9.17, 15) is 41.5 Å². The molecule has 14 heteroatoms. The van der Waals surface area contributed by atoms with Gasteiger partial charge in [-0.3, -0.25) is 14.9 Å². The molecule has 31 heavy (non-hydrogen) atoms. The van der Waals surface area contributed by atoms with Crippen LogP contribution in [-0.2, 0) is 24.4 Å². The number of benzene rings is 1. The van der Waals surface area contributed by atoms with Crippen molar-refractivity contribution in [1.29, 1.82) is 0 Å². The molecule has 1 fully saturated rings. The molecular formula is C17H19F2N2O9S-. The van der Waals surface area contributed by atoms with Crippen molar-refractivity contribution in [2.75, 3.05) is 19.7 Å². The normalized spacial score (nSPS) is 16.5. The van der Waals surface area contributed by atoms with Gasteiger partial charge in [0.1, 0.15) is 6.10 Å². The van der Waals surface area contributed by atoms with E-state index < -0.39 is 51.0 Å². The number of para-hydroxylation sites is 1. The smallest absolute Gasteiger partial charge is 0.410 e. The first-order valence-corrected chi connectivity index (χ1v) is 10.4. The number of nitro benzene ring substituents is 1. The summed E-state index contributed by atoms with van der Waals surface area (Å²) in [6.45, 7) is -0.390. The van der Waals surface area contributed by atoms with Gasteiger partial charge in [-0.1, -0.05) is 12.1 Å². The van der Waals surface area contributed by atoms with Crippen LogP contribution in [0.1, 0.15) is 31.4 Å². The Morgan fingerprint density at radius 1 is 1.29 bits per heavy atom. The molecule has 0 aromatic heterocycles. The number of alkyl halides is 2. The van der Waals surface area contributed by atoms with E-state index in [2.05, 4.69) is 4.74 Å². The van der Waals surface area contributed by atoms with Crippen molar-refractivity contribution in [2.45, 2.75) is 31.1 Å². The Labute approximate surface area is 175 Å². The number of piperidine rings is 1. The first-order chi connectivity index (χ1) is 14.3. The van der Waals surface area contributed by atoms with E-state index in [4.69, 9.17) is 4.74 Å². The van der Waals surface area contributed by atoms with Crippen molar-refractivity contribution in [3.8, 4) is 0 Å². The number of carbonyl (C=O) groups excluding carboxylic acids is 2. The lowest BCUT2D eigenvalue weighted by Crippen LogP contribution is -2.42. The molecule has 0 aliphatic carbocycles. The van der Waals surface area contributed by atoms with Gasteiger partial charge in [0.2, 0.25) is 0 Å². The SMILES string of the molecule is CC(OC(=O)N1CCC(C(=O)OCC(F)(F)S(=O)(=O)[O-])CC1)c1ccccc1[N+](=O)[O-]. The summed E-state index contributed by atoms with van der Waals surface area (Å²) in [5.74, 6) is -1.98. The van der Waals surface area contributed by atoms with E-state index in [1.165, 1.54) is 30.0 Å². The molecule has 2 rings (SSSR count). The molecule has 0 spiro atoms. The van der Waals surface area contributed by atoms with E-state index in [0.29, 0.717) is 0 Å². The van der Waals surface area contributed by atoms with Crippen molar-refractivity contribution < 1.29 is 45.7 Å². The van der Waals surface area contributed by atoms with Crippen molar-refractivity contribution in [1.82, 2.24) is 4.90 Å². The fourth-order valence-electron chi connectivity index (χ4n) is 2.93. The maximum Gasteiger partial charge on any atom is 0.410 e. The number of hydrogen-bond acceptors (Lipinski definition) is 9. The van der Waals surface area contributed by atoms with Crippen LogP contribution in [0.4, 0.5) is 19.3 Å². The highest BCUT2D eigenvalue weighted by molar-refractivity contribution is 7.86. The van der Waals surface area contributed by atoms with Gasteiger partial charge in [-0.15, -0.1) is 0 Å². The molecule has 1 aromatic carbocycles. The summed E-state index contributed by atoms with van der Waals surface area (Å²) < 4.78 is 66.9. The van der Waals surface area contributed by atoms with Crippen molar-refractivity contribution >= 4 is 27.9 Å². The molecule has 0 N–H and O–H groups in total. The van der Waals surface area contributed by atoms with E-state index in [0.717, 1.165) is 0 Å². The lowest BCUT2D eigenvalue weighted by atomic mass is 9.97. The van der Waals surface area contributed by atoms with Gasteiger partial charge in [-0.05, 0) is 25.8 Å². The number of ether oxygens (including phenoxy) is 2. The molecule has 1 amide bonds. The van der Waals surface area contributed by atoms with Gasteiger partial charge in [0.25, 0.3) is 5.69 Å². The van der Waals surface area contributed by atoms with Crippen molar-refractivity contribution in [3.63, 3.8) is 0 Å². The molecule has 0 bridgehead atoms. The third-order valence-electron chi connectivity index (χ3n) is 4.68. The molecule has 1 atom stereocenters. The van der Waals surface area contributed by atoms with Crippen LogP contribution in [0.3, 0.4) is 0 Å². The summed E-state index contributed by atoms with van der Waals surface area (Å²) in [5.41, 5.74) is -0.00489. The first-order valence-electron chi connectivity index (χ1n) is 9.02. The minimum absolute atomic E-state index is 0.0124. The van der Waals surface area contributed by atoms with Crippen LogP contribution in [0.5, 0.6) is 0 Å². The first kappa shape index (κ1) is 24.4. The molecule has 0 radical (unpaired) electrons. The van der Waals surface area contributed by atoms with Gasteiger partial charge in [-0.2, -0.15) is 8.78 Å². The maximum absolute atomic E-state index is 13.1. The zero-order chi connectivity index (χ0) is 23.4. The second kappa shape index (κ2) is 9.51. The summed E-state index contributed by atoms with van der Waals surface area (Å²) in [7, 11) is -5.96. The number of nitrogens with zero attached hydrogens (tertiary/aromatic N) is 2. The summed E-state index contributed by atoms with van der Waals surface area (Å²) in [6.07, 6.45) is -1.64. The number of carbonyl (C=O) groups is 2. The van der Waals surface area contributed by atoms with Crippen LogP contribution in [0.25, 0.3) is 0 Å². The monoisotopic (exact) mass is 465 g/mol. The molecular weight excluding hydrogens is 446 g/mol. The number of esters is 1. The minimum atomic E-state index is -5.96. The van der Waals surface area contributed by atoms with E-state index in [-0.39, 0.29) is 37.2 Å². The lowest BCUT2D eigenvalue weighted by Gasteiger charge is -2.31. The van der Waals surface area contributed by atoms with Crippen LogP contribution < -0.4 is 0 Å². The van der Waals surface area contributed by atoms with Crippen LogP contribution in [-0.4, -0.2) is 59.8 Å². The number of nitro groups is 1. The molecule has 172 valence electrons. The number of rotatable bonds is 7. The highest BCUT2D eigenvalue weighted by atomic mass is 32.2. The van der Waals surface area contributed by atoms with Crippen molar-refractivity contribution in [2.24, 2.45) is 5.92 Å². The third kappa shape index (κ3) is 6.07. The number of likely N-dealkylation sites (tertiary alicyclic amines) is 1. The molecule has 0 saturated carbocycles. The van der Waals surface area contributed by atoms with Crippen LogP contribution in [0.2, 0.25) is 0 Å². The van der Waals surface area contributed by atoms with Gasteiger partial charge in [0.05, 0.1) is 16.4 Å². The predicted molar refractivity (Wildman–Crippen MR) is 97.9 cm³/mol. The summed E-state index contributed by atoms with van der Waals surface area (Å²) in [6, 6.07) is 5.77. The molecule has 1 aliphatic heterocycles. The van der Waals surface area contributed by atoms with E-state index in [1.807, 2.05) is 0 Å². The number of halogens is 2. The second-order valence-electron chi connectivity index (χ2n) is 6.80. The Balaban J connectivity index is 1.88. The summed E-state index contributed by atoms with van der Waals surface area (Å²) >= 11 is 0. The molecule has 1 saturated heterocycles. The maximum atomic E-state index is 13.1. The largest absolute Gasteiger partial charge is 0.743 e. The zero-order valence-electron chi connectivity index (χ0n) is 16.2. The van der Waals surface area contributed by atoms with Gasteiger partial charge in [0.15, 0.2) is 16.7 Å². The molecule has 1 heterocycles. The van der Waals surface area contributed by atoms with Gasteiger partial charge >= 0.3 is 17.3 Å². The molecule has 1 aliphatic rings. The average molecular weight is 465 g/mol. The van der Waals surface area contributed by atoms with Gasteiger partial charge in [-0.25, -0.2) is 13.2 Å². The topological polar surface area (TPSA) is 156 Å². The van der Waals surface area contributed by atoms with Gasteiger partial charge < -0.3 is 18.9 Å². The standard InChI is InChI=1S/C17H20F2N2O9S/c1-11(13-4-2-3-5-14(13)21(24)25)30-16(23)20-8-6-12(7-9-20)15(22)29-10-17(18,19)31(26,27)28/h2-5,11-12H,6-10H2,1H3,(H,26,27,28)/p-1. The fraction of sp³-hybridized carbons (Fsp3) is 0.529. The molecule has 1 unspecified atom stereocenters. The van der Waals surface area contributed by atoms with Crippen LogP contribution in [0.15, 0.2) is 24.3 Å². The average Bonchev–Trinajstić information content (AvgIpc) is 2.71. The van der Waals surface area contributed by atoms with Crippen molar-refractivity contribution in [3.05, 3.63) is 39.9 Å². The lowest BCUT2D eigenvalue weighted by molar-refractivity contribution is -0.386. The third-order valence-corrected chi connectivity index (χ3v) is 5.53. The Hall–Kier alpha value is -2.87. The molecule has 1 aromatic rings. The Morgan fingerprint density at radius 3 is 2.42 bits per heavy atom. The van der Waals surface area contributed by atoms with Crippen LogP contribution >= 0.6 is 0 Å². The summed E-state index contributed by atoms with van der Waals surface area (Å²) in [4.78, 5) is 35.9. The highest BCUT2D eigenvalue weighted by Gasteiger charge is 2.40. The Morgan fingerprint density at radius 2 is 1.87 bits per heavy atom. The van der Waals surface area contributed by atoms with Gasteiger partial charge in [0, 0.05) is 19.2 Å². The van der Waals surface area contributed by atoms with Crippen LogP contribution in [0, 0.1) is 16.0 Å². The van der Waals surface area contributed by atoms with E-state index >= 15 is 0 Å². The predicted octanol–water partition coefficient (Wildman–Crippen LogP) is 2.19. The highest BCUT2D eigenvalue weighted by Crippen LogP contribution is 2.28. The van der Waals surface area contributed by atoms with E-state index in [1.54, 1.807) is 6.07 Å². The second-order valence-corrected chi connectivity index (χ2v) is 8.31. The quantitative estimate of drug-likeness (QED) is 0.255. The minimum Gasteiger partial charge on any atom is -0.743 e. The summed E-state index contributed by atoms with van der Waals surface area (Å²) in [5, 5.41) is 6.36.